The number of nitrogens with one attached hydrogen (secondary N) is 2. The van der Waals surface area contributed by atoms with E-state index in [1.807, 2.05) is 0 Å². The SMILES string of the molecule is O=C(CCNC1CC1)Nc1cnccc1Cl. The van der Waals surface area contributed by atoms with E-state index in [1.165, 1.54) is 12.8 Å². The molecule has 2 N–H and O–H groups in total. The van der Waals surface area contributed by atoms with E-state index in [9.17, 15) is 4.79 Å². The number of pyridine rings is 1. The van der Waals surface area contributed by atoms with Crippen molar-refractivity contribution in [2.75, 3.05) is 11.9 Å². The highest BCUT2D eigenvalue weighted by Crippen LogP contribution is 2.20. The van der Waals surface area contributed by atoms with Crippen LogP contribution in [-0.2, 0) is 4.79 Å². The number of nitrogens with zero attached hydrogens (tertiary/aromatic N) is 1. The fourth-order valence-corrected chi connectivity index (χ4v) is 1.51. The maximum absolute atomic E-state index is 11.5. The average molecular weight is 240 g/mol. The second kappa shape index (κ2) is 5.27. The van der Waals surface area contributed by atoms with Crippen LogP contribution in [0.3, 0.4) is 0 Å². The number of carbonyl (C=O) groups is 1. The van der Waals surface area contributed by atoms with E-state index in [1.54, 1.807) is 18.5 Å². The molecule has 0 spiro atoms. The van der Waals surface area contributed by atoms with Crippen LogP contribution in [0.4, 0.5) is 5.69 Å². The third kappa shape index (κ3) is 3.47. The van der Waals surface area contributed by atoms with E-state index in [0.717, 1.165) is 0 Å². The normalized spacial score (nSPS) is 14.8. The molecule has 1 aromatic rings. The van der Waals surface area contributed by atoms with Crippen LogP contribution in [0.2, 0.25) is 5.02 Å². The fourth-order valence-electron chi connectivity index (χ4n) is 1.36. The van der Waals surface area contributed by atoms with Crippen molar-refractivity contribution in [3.63, 3.8) is 0 Å². The average Bonchev–Trinajstić information content (AvgIpc) is 3.05. The lowest BCUT2D eigenvalue weighted by molar-refractivity contribution is -0.116. The first-order chi connectivity index (χ1) is 7.75. The van der Waals surface area contributed by atoms with Crippen molar-refractivity contribution in [3.8, 4) is 0 Å². The first-order valence-electron chi connectivity index (χ1n) is 5.38. The minimum Gasteiger partial charge on any atom is -0.323 e. The van der Waals surface area contributed by atoms with Gasteiger partial charge in [0.2, 0.25) is 5.91 Å². The van der Waals surface area contributed by atoms with Crippen molar-refractivity contribution in [1.29, 1.82) is 0 Å². The molecule has 1 fully saturated rings. The van der Waals surface area contributed by atoms with Gasteiger partial charge < -0.3 is 10.6 Å². The van der Waals surface area contributed by atoms with Gasteiger partial charge in [0.25, 0.3) is 0 Å². The summed E-state index contributed by atoms with van der Waals surface area (Å²) in [5.74, 6) is -0.0388. The van der Waals surface area contributed by atoms with Crippen LogP contribution in [-0.4, -0.2) is 23.5 Å². The van der Waals surface area contributed by atoms with E-state index in [-0.39, 0.29) is 5.91 Å². The molecule has 0 atom stereocenters. The first kappa shape index (κ1) is 11.4. The van der Waals surface area contributed by atoms with Crippen LogP contribution in [0.5, 0.6) is 0 Å². The lowest BCUT2D eigenvalue weighted by Crippen LogP contribution is -2.23. The minimum absolute atomic E-state index is 0.0388. The second-order valence-electron chi connectivity index (χ2n) is 3.88. The molecule has 1 aromatic heterocycles. The number of rotatable bonds is 5. The van der Waals surface area contributed by atoms with Gasteiger partial charge in [0, 0.05) is 25.2 Å². The van der Waals surface area contributed by atoms with Gasteiger partial charge >= 0.3 is 0 Å². The van der Waals surface area contributed by atoms with Crippen molar-refractivity contribution in [1.82, 2.24) is 10.3 Å². The van der Waals surface area contributed by atoms with Gasteiger partial charge in [-0.2, -0.15) is 0 Å². The number of hydrogen-bond donors (Lipinski definition) is 2. The van der Waals surface area contributed by atoms with Crippen LogP contribution >= 0.6 is 11.6 Å². The van der Waals surface area contributed by atoms with Crippen LogP contribution in [0, 0.1) is 0 Å². The highest BCUT2D eigenvalue weighted by molar-refractivity contribution is 6.33. The number of carbonyl (C=O) groups excluding carboxylic acids is 1. The van der Waals surface area contributed by atoms with Gasteiger partial charge in [-0.3, -0.25) is 9.78 Å². The highest BCUT2D eigenvalue weighted by atomic mass is 35.5. The molecular weight excluding hydrogens is 226 g/mol. The first-order valence-corrected chi connectivity index (χ1v) is 5.76. The van der Waals surface area contributed by atoms with Gasteiger partial charge in [-0.25, -0.2) is 0 Å². The summed E-state index contributed by atoms with van der Waals surface area (Å²) >= 11 is 5.89. The molecule has 4 nitrogen and oxygen atoms in total. The molecule has 5 heteroatoms. The zero-order chi connectivity index (χ0) is 11.4. The monoisotopic (exact) mass is 239 g/mol. The molecule has 0 aromatic carbocycles. The summed E-state index contributed by atoms with van der Waals surface area (Å²) in [7, 11) is 0. The predicted octanol–water partition coefficient (Wildman–Crippen LogP) is 1.82. The quantitative estimate of drug-likeness (QED) is 0.824. The summed E-state index contributed by atoms with van der Waals surface area (Å²) in [6.45, 7) is 0.717. The molecule has 0 saturated heterocycles. The van der Waals surface area contributed by atoms with Gasteiger partial charge in [-0.15, -0.1) is 0 Å². The molecule has 0 radical (unpaired) electrons. The topological polar surface area (TPSA) is 54.0 Å². The fraction of sp³-hybridized carbons (Fsp3) is 0.455. The molecule has 1 amide bonds. The van der Waals surface area contributed by atoms with Gasteiger partial charge in [0.1, 0.15) is 0 Å². The van der Waals surface area contributed by atoms with E-state index < -0.39 is 0 Å². The summed E-state index contributed by atoms with van der Waals surface area (Å²) in [5.41, 5.74) is 0.570. The molecule has 1 aliphatic rings. The maximum atomic E-state index is 11.5. The van der Waals surface area contributed by atoms with Crippen molar-refractivity contribution >= 4 is 23.2 Å². The lowest BCUT2D eigenvalue weighted by Gasteiger charge is -2.06. The van der Waals surface area contributed by atoms with Crippen LogP contribution in [0.25, 0.3) is 0 Å². The smallest absolute Gasteiger partial charge is 0.225 e. The van der Waals surface area contributed by atoms with Gasteiger partial charge in [0.05, 0.1) is 16.9 Å². The molecule has 2 rings (SSSR count). The Balaban J connectivity index is 1.75. The Morgan fingerprint density at radius 1 is 1.56 bits per heavy atom. The molecule has 86 valence electrons. The Labute approximate surface area is 99.4 Å². The van der Waals surface area contributed by atoms with Gasteiger partial charge in [-0.1, -0.05) is 11.6 Å². The van der Waals surface area contributed by atoms with E-state index in [0.29, 0.717) is 29.7 Å². The highest BCUT2D eigenvalue weighted by Gasteiger charge is 2.20. The summed E-state index contributed by atoms with van der Waals surface area (Å²) in [4.78, 5) is 15.4. The second-order valence-corrected chi connectivity index (χ2v) is 4.29. The molecule has 16 heavy (non-hydrogen) atoms. The number of aromatic nitrogens is 1. The van der Waals surface area contributed by atoms with Gasteiger partial charge in [-0.05, 0) is 18.9 Å². The van der Waals surface area contributed by atoms with Crippen molar-refractivity contribution in [3.05, 3.63) is 23.5 Å². The van der Waals surface area contributed by atoms with Crippen LogP contribution in [0.1, 0.15) is 19.3 Å². The molecule has 0 aliphatic heterocycles. The third-order valence-electron chi connectivity index (χ3n) is 2.40. The Morgan fingerprint density at radius 3 is 3.06 bits per heavy atom. The van der Waals surface area contributed by atoms with E-state index >= 15 is 0 Å². The Morgan fingerprint density at radius 2 is 2.38 bits per heavy atom. The summed E-state index contributed by atoms with van der Waals surface area (Å²) in [6.07, 6.45) is 6.06. The number of amides is 1. The van der Waals surface area contributed by atoms with Crippen molar-refractivity contribution in [2.24, 2.45) is 0 Å². The minimum atomic E-state index is -0.0388. The number of halogens is 1. The summed E-state index contributed by atoms with van der Waals surface area (Å²) in [5, 5.41) is 6.52. The van der Waals surface area contributed by atoms with E-state index in [2.05, 4.69) is 15.6 Å². The molecule has 1 saturated carbocycles. The summed E-state index contributed by atoms with van der Waals surface area (Å²) < 4.78 is 0. The Kier molecular flexibility index (Phi) is 3.74. The lowest BCUT2D eigenvalue weighted by atomic mass is 10.3. The van der Waals surface area contributed by atoms with E-state index in [4.69, 9.17) is 11.6 Å². The number of hydrogen-bond acceptors (Lipinski definition) is 3. The molecule has 1 aliphatic carbocycles. The van der Waals surface area contributed by atoms with Crippen molar-refractivity contribution < 1.29 is 4.79 Å². The zero-order valence-corrected chi connectivity index (χ0v) is 9.63. The third-order valence-corrected chi connectivity index (χ3v) is 2.73. The molecule has 0 unspecified atom stereocenters. The number of anilines is 1. The Hall–Kier alpha value is -1.13. The summed E-state index contributed by atoms with van der Waals surface area (Å²) in [6, 6.07) is 2.29. The predicted molar refractivity (Wildman–Crippen MR) is 63.5 cm³/mol. The molecule has 1 heterocycles. The Bertz CT molecular complexity index is 379. The standard InChI is InChI=1S/C11H14ClN3O/c12-9-3-5-13-7-10(9)15-11(16)4-6-14-8-1-2-8/h3,5,7-8,14H,1-2,4,6H2,(H,15,16). The zero-order valence-electron chi connectivity index (χ0n) is 8.87. The largest absolute Gasteiger partial charge is 0.323 e. The van der Waals surface area contributed by atoms with Gasteiger partial charge in [0.15, 0.2) is 0 Å². The van der Waals surface area contributed by atoms with Crippen LogP contribution < -0.4 is 10.6 Å². The van der Waals surface area contributed by atoms with Crippen molar-refractivity contribution in [2.45, 2.75) is 25.3 Å². The molecular formula is C11H14ClN3O. The maximum Gasteiger partial charge on any atom is 0.225 e. The van der Waals surface area contributed by atoms with Crippen LogP contribution in [0.15, 0.2) is 18.5 Å². The molecule has 0 bridgehead atoms.